The van der Waals surface area contributed by atoms with E-state index in [-0.39, 0.29) is 0 Å². The molecule has 2 aromatic rings. The van der Waals surface area contributed by atoms with E-state index in [1.54, 1.807) is 7.11 Å². The number of hydrogen-bond donors (Lipinski definition) is 1. The summed E-state index contributed by atoms with van der Waals surface area (Å²) >= 11 is 0. The molecule has 0 amide bonds. The summed E-state index contributed by atoms with van der Waals surface area (Å²) in [7, 11) is 1.66. The average Bonchev–Trinajstić information content (AvgIpc) is 3.20. The Labute approximate surface area is 118 Å². The van der Waals surface area contributed by atoms with Crippen LogP contribution in [-0.4, -0.2) is 17.3 Å². The van der Waals surface area contributed by atoms with Crippen LogP contribution in [0.25, 0.3) is 0 Å². The van der Waals surface area contributed by atoms with Gasteiger partial charge in [-0.3, -0.25) is 0 Å². The van der Waals surface area contributed by atoms with Crippen molar-refractivity contribution >= 4 is 0 Å². The third kappa shape index (κ3) is 2.41. The first-order valence-electron chi connectivity index (χ1n) is 6.85. The number of methoxy groups -OCH3 is 1. The van der Waals surface area contributed by atoms with Gasteiger partial charge in [0.1, 0.15) is 5.75 Å². The second kappa shape index (κ2) is 4.90. The summed E-state index contributed by atoms with van der Waals surface area (Å²) in [6.07, 6.45) is 2.85. The van der Waals surface area contributed by atoms with Crippen LogP contribution in [0.2, 0.25) is 0 Å². The van der Waals surface area contributed by atoms with Gasteiger partial charge in [-0.05, 0) is 31.7 Å². The van der Waals surface area contributed by atoms with E-state index in [1.165, 1.54) is 0 Å². The first kappa shape index (κ1) is 13.1. The van der Waals surface area contributed by atoms with Crippen LogP contribution in [0.15, 0.2) is 28.8 Å². The van der Waals surface area contributed by atoms with Crippen molar-refractivity contribution in [3.8, 4) is 5.75 Å². The molecule has 1 aliphatic rings. The average molecular weight is 273 g/mol. The van der Waals surface area contributed by atoms with E-state index in [1.807, 2.05) is 31.2 Å². The second-order valence-electron chi connectivity index (χ2n) is 5.56. The minimum Gasteiger partial charge on any atom is -0.496 e. The largest absolute Gasteiger partial charge is 0.496 e. The summed E-state index contributed by atoms with van der Waals surface area (Å²) in [5.74, 6) is 2.46. The molecule has 0 aliphatic heterocycles. The highest BCUT2D eigenvalue weighted by Gasteiger charge is 2.43. The zero-order chi connectivity index (χ0) is 14.2. The number of aromatic nitrogens is 2. The first-order valence-corrected chi connectivity index (χ1v) is 6.85. The lowest BCUT2D eigenvalue weighted by atomic mass is 9.97. The molecule has 1 unspecified atom stereocenters. The van der Waals surface area contributed by atoms with E-state index in [0.29, 0.717) is 24.1 Å². The molecule has 3 rings (SSSR count). The molecule has 0 saturated heterocycles. The number of benzene rings is 1. The summed E-state index contributed by atoms with van der Waals surface area (Å²) in [4.78, 5) is 4.46. The molecule has 1 heterocycles. The highest BCUT2D eigenvalue weighted by Crippen LogP contribution is 2.43. The van der Waals surface area contributed by atoms with Crippen molar-refractivity contribution in [1.82, 2.24) is 10.1 Å². The highest BCUT2D eigenvalue weighted by atomic mass is 16.5. The maximum Gasteiger partial charge on any atom is 0.246 e. The maximum absolute atomic E-state index is 6.29. The van der Waals surface area contributed by atoms with Gasteiger partial charge in [0.05, 0.1) is 12.6 Å². The van der Waals surface area contributed by atoms with Gasteiger partial charge >= 0.3 is 0 Å². The van der Waals surface area contributed by atoms with E-state index < -0.39 is 5.54 Å². The molecule has 0 spiro atoms. The molecule has 1 atom stereocenters. The number of hydrogen-bond acceptors (Lipinski definition) is 5. The smallest absolute Gasteiger partial charge is 0.246 e. The van der Waals surface area contributed by atoms with Crippen molar-refractivity contribution in [2.75, 3.05) is 7.11 Å². The standard InChI is InChI=1S/C15H19N3O2/c1-15(16,11-7-8-11)14-17-13(18-20-14)9-10-5-3-4-6-12(10)19-2/h3-6,11H,7-9,16H2,1-2H3. The Morgan fingerprint density at radius 3 is 2.85 bits per heavy atom. The Hall–Kier alpha value is -1.88. The van der Waals surface area contributed by atoms with Gasteiger partial charge in [0, 0.05) is 12.0 Å². The van der Waals surface area contributed by atoms with E-state index in [9.17, 15) is 0 Å². The molecule has 1 aromatic heterocycles. The van der Waals surface area contributed by atoms with Crippen LogP contribution >= 0.6 is 0 Å². The van der Waals surface area contributed by atoms with E-state index >= 15 is 0 Å². The lowest BCUT2D eigenvalue weighted by Crippen LogP contribution is -2.35. The van der Waals surface area contributed by atoms with Gasteiger partial charge in [0.15, 0.2) is 5.82 Å². The Bertz CT molecular complexity index is 603. The molecule has 1 aliphatic carbocycles. The van der Waals surface area contributed by atoms with Gasteiger partial charge in [-0.1, -0.05) is 23.4 Å². The first-order chi connectivity index (χ1) is 9.61. The second-order valence-corrected chi connectivity index (χ2v) is 5.56. The SMILES string of the molecule is COc1ccccc1Cc1noc(C(C)(N)C2CC2)n1. The van der Waals surface area contributed by atoms with Gasteiger partial charge in [0.25, 0.3) is 0 Å². The Morgan fingerprint density at radius 2 is 2.15 bits per heavy atom. The van der Waals surface area contributed by atoms with Crippen LogP contribution in [0.1, 0.15) is 37.0 Å². The maximum atomic E-state index is 6.29. The van der Waals surface area contributed by atoms with Crippen LogP contribution in [0.3, 0.4) is 0 Å². The van der Waals surface area contributed by atoms with Crippen LogP contribution in [0.5, 0.6) is 5.75 Å². The van der Waals surface area contributed by atoms with Gasteiger partial charge in [0.2, 0.25) is 5.89 Å². The Balaban J connectivity index is 1.80. The fourth-order valence-electron chi connectivity index (χ4n) is 2.42. The fourth-order valence-corrected chi connectivity index (χ4v) is 2.42. The summed E-state index contributed by atoms with van der Waals surface area (Å²) in [6, 6.07) is 7.83. The number of rotatable bonds is 5. The Kier molecular flexibility index (Phi) is 3.22. The molecular formula is C15H19N3O2. The number of nitrogens with two attached hydrogens (primary N) is 1. The molecule has 5 heteroatoms. The topological polar surface area (TPSA) is 74.2 Å². The van der Waals surface area contributed by atoms with Crippen molar-refractivity contribution in [1.29, 1.82) is 0 Å². The number of nitrogens with zero attached hydrogens (tertiary/aromatic N) is 2. The lowest BCUT2D eigenvalue weighted by Gasteiger charge is -2.18. The highest BCUT2D eigenvalue weighted by molar-refractivity contribution is 5.35. The van der Waals surface area contributed by atoms with Crippen LogP contribution in [0, 0.1) is 5.92 Å². The molecule has 1 aromatic carbocycles. The summed E-state index contributed by atoms with van der Waals surface area (Å²) in [6.45, 7) is 1.96. The van der Waals surface area contributed by atoms with Gasteiger partial charge in [-0.25, -0.2) is 0 Å². The monoisotopic (exact) mass is 273 g/mol. The fraction of sp³-hybridized carbons (Fsp3) is 0.467. The molecule has 106 valence electrons. The molecule has 20 heavy (non-hydrogen) atoms. The molecular weight excluding hydrogens is 254 g/mol. The molecule has 5 nitrogen and oxygen atoms in total. The van der Waals surface area contributed by atoms with Crippen molar-refractivity contribution in [2.45, 2.75) is 31.7 Å². The number of para-hydroxylation sites is 1. The van der Waals surface area contributed by atoms with E-state index in [2.05, 4.69) is 10.1 Å². The van der Waals surface area contributed by atoms with Crippen molar-refractivity contribution in [3.63, 3.8) is 0 Å². The molecule has 0 radical (unpaired) electrons. The third-order valence-corrected chi connectivity index (χ3v) is 3.90. The molecule has 1 saturated carbocycles. The summed E-state index contributed by atoms with van der Waals surface area (Å²) in [5, 5.41) is 4.04. The van der Waals surface area contributed by atoms with Gasteiger partial charge in [-0.15, -0.1) is 0 Å². The van der Waals surface area contributed by atoms with Crippen molar-refractivity contribution < 1.29 is 9.26 Å². The van der Waals surface area contributed by atoms with Crippen molar-refractivity contribution in [3.05, 3.63) is 41.5 Å². The van der Waals surface area contributed by atoms with E-state index in [0.717, 1.165) is 24.2 Å². The summed E-state index contributed by atoms with van der Waals surface area (Å²) in [5.41, 5.74) is 6.81. The Morgan fingerprint density at radius 1 is 1.40 bits per heavy atom. The van der Waals surface area contributed by atoms with E-state index in [4.69, 9.17) is 15.0 Å². The third-order valence-electron chi connectivity index (χ3n) is 3.90. The minimum absolute atomic E-state index is 0.460. The quantitative estimate of drug-likeness (QED) is 0.904. The van der Waals surface area contributed by atoms with Crippen molar-refractivity contribution in [2.24, 2.45) is 11.7 Å². The van der Waals surface area contributed by atoms with Gasteiger partial charge in [-0.2, -0.15) is 4.98 Å². The van der Waals surface area contributed by atoms with Crippen LogP contribution in [-0.2, 0) is 12.0 Å². The normalized spacial score (nSPS) is 17.8. The molecule has 0 bridgehead atoms. The summed E-state index contributed by atoms with van der Waals surface area (Å²) < 4.78 is 10.7. The number of ether oxygens (including phenoxy) is 1. The van der Waals surface area contributed by atoms with Crippen LogP contribution in [0.4, 0.5) is 0 Å². The zero-order valence-corrected chi connectivity index (χ0v) is 11.8. The zero-order valence-electron chi connectivity index (χ0n) is 11.8. The van der Waals surface area contributed by atoms with Gasteiger partial charge < -0.3 is 15.0 Å². The molecule has 1 fully saturated rings. The predicted molar refractivity (Wildman–Crippen MR) is 74.4 cm³/mol. The molecule has 2 N–H and O–H groups in total. The predicted octanol–water partition coefficient (Wildman–Crippen LogP) is 2.25. The van der Waals surface area contributed by atoms with Crippen LogP contribution < -0.4 is 10.5 Å². The lowest BCUT2D eigenvalue weighted by molar-refractivity contribution is 0.272. The minimum atomic E-state index is -0.508.